The van der Waals surface area contributed by atoms with Gasteiger partial charge in [-0.25, -0.2) is 9.78 Å². The Balaban J connectivity index is 1.58. The van der Waals surface area contributed by atoms with E-state index >= 15 is 0 Å². The van der Waals surface area contributed by atoms with E-state index in [1.807, 2.05) is 38.1 Å². The summed E-state index contributed by atoms with van der Waals surface area (Å²) >= 11 is 0. The zero-order valence-corrected chi connectivity index (χ0v) is 19.3. The van der Waals surface area contributed by atoms with Crippen molar-refractivity contribution >= 4 is 17.1 Å². The van der Waals surface area contributed by atoms with Gasteiger partial charge in [-0.1, -0.05) is 0 Å². The number of fused-ring (bicyclic) bond motifs is 2. The first-order valence-electron chi connectivity index (χ1n) is 11.5. The molecule has 1 atom stereocenters. The number of pyridine rings is 1. The van der Waals surface area contributed by atoms with Crippen LogP contribution in [0, 0.1) is 6.92 Å². The predicted molar refractivity (Wildman–Crippen MR) is 125 cm³/mol. The number of H-pyrrole nitrogens is 1. The van der Waals surface area contributed by atoms with Gasteiger partial charge in [-0.3, -0.25) is 0 Å². The Hall–Kier alpha value is -2.86. The van der Waals surface area contributed by atoms with Gasteiger partial charge in [0.05, 0.1) is 19.3 Å². The molecule has 0 bridgehead atoms. The Labute approximate surface area is 188 Å². The number of amides is 1. The summed E-state index contributed by atoms with van der Waals surface area (Å²) in [6.45, 7) is 9.90. The number of rotatable bonds is 2. The van der Waals surface area contributed by atoms with E-state index in [1.165, 1.54) is 22.3 Å². The predicted octanol–water partition coefficient (Wildman–Crippen LogP) is 5.68. The number of nitrogens with one attached hydrogen (secondary N) is 1. The number of aryl methyl sites for hydroxylation is 1. The van der Waals surface area contributed by atoms with Gasteiger partial charge in [0.1, 0.15) is 11.2 Å². The van der Waals surface area contributed by atoms with Crippen molar-refractivity contribution in [2.24, 2.45) is 0 Å². The number of aromatic amines is 1. The van der Waals surface area contributed by atoms with E-state index in [1.54, 1.807) is 0 Å². The molecule has 2 aromatic heterocycles. The third-order valence-corrected chi connectivity index (χ3v) is 6.44. The van der Waals surface area contributed by atoms with Gasteiger partial charge in [-0.15, -0.1) is 0 Å². The fraction of sp³-hybridized carbons (Fsp3) is 0.462. The monoisotopic (exact) mass is 433 g/mol. The Kier molecular flexibility index (Phi) is 5.20. The lowest BCUT2D eigenvalue weighted by atomic mass is 9.88. The molecule has 3 aromatic rings. The van der Waals surface area contributed by atoms with Gasteiger partial charge in [0.15, 0.2) is 0 Å². The standard InChI is InChI=1S/C26H31N3O3/c1-16-13-27-24-21(16)12-18(14-28-24)17-10-19-15-31-9-7-20(19)22(11-17)23-6-5-8-29(23)25(30)32-26(2,3)4/h10-14,23H,5-9,15H2,1-4H3,(H,27,28). The number of carbonyl (C=O) groups is 1. The first kappa shape index (κ1) is 21.0. The van der Waals surface area contributed by atoms with Gasteiger partial charge < -0.3 is 19.4 Å². The number of aromatic nitrogens is 2. The SMILES string of the molecule is Cc1c[nH]c2ncc(-c3cc4c(c(C5CCCN5C(=O)OC(C)(C)C)c3)CCOC4)cc12. The summed E-state index contributed by atoms with van der Waals surface area (Å²) in [5.41, 5.74) is 7.55. The molecule has 4 heterocycles. The summed E-state index contributed by atoms with van der Waals surface area (Å²) in [5.74, 6) is 0. The fourth-order valence-corrected chi connectivity index (χ4v) is 4.93. The molecule has 168 valence electrons. The maximum atomic E-state index is 13.0. The van der Waals surface area contributed by atoms with Gasteiger partial charge in [0, 0.05) is 29.9 Å². The second kappa shape index (κ2) is 7.93. The third kappa shape index (κ3) is 3.88. The van der Waals surface area contributed by atoms with E-state index in [2.05, 4.69) is 35.1 Å². The topological polar surface area (TPSA) is 67.5 Å². The summed E-state index contributed by atoms with van der Waals surface area (Å²) in [5, 5.41) is 1.13. The fourth-order valence-electron chi connectivity index (χ4n) is 4.93. The highest BCUT2D eigenvalue weighted by molar-refractivity contribution is 5.84. The number of likely N-dealkylation sites (tertiary alicyclic amines) is 1. The minimum Gasteiger partial charge on any atom is -0.444 e. The number of carbonyl (C=O) groups excluding carboxylic acids is 1. The first-order chi connectivity index (χ1) is 15.3. The molecule has 5 rings (SSSR count). The molecule has 1 saturated heterocycles. The second-order valence-electron chi connectivity index (χ2n) is 9.93. The highest BCUT2D eigenvalue weighted by atomic mass is 16.6. The lowest BCUT2D eigenvalue weighted by Gasteiger charge is -2.31. The van der Waals surface area contributed by atoms with E-state index in [4.69, 9.17) is 9.47 Å². The van der Waals surface area contributed by atoms with Crippen LogP contribution in [0.15, 0.2) is 30.6 Å². The lowest BCUT2D eigenvalue weighted by Crippen LogP contribution is -2.36. The van der Waals surface area contributed by atoms with Gasteiger partial charge in [-0.05, 0) is 93.0 Å². The lowest BCUT2D eigenvalue weighted by molar-refractivity contribution is 0.0223. The Bertz CT molecular complexity index is 1180. The minimum atomic E-state index is -0.505. The largest absolute Gasteiger partial charge is 0.444 e. The van der Waals surface area contributed by atoms with Crippen LogP contribution in [-0.2, 0) is 22.5 Å². The van der Waals surface area contributed by atoms with Crippen molar-refractivity contribution in [2.75, 3.05) is 13.2 Å². The Morgan fingerprint density at radius 3 is 2.91 bits per heavy atom. The number of hydrogen-bond donors (Lipinski definition) is 1. The van der Waals surface area contributed by atoms with Crippen LogP contribution in [-0.4, -0.2) is 39.7 Å². The number of hydrogen-bond acceptors (Lipinski definition) is 4. The Morgan fingerprint density at radius 1 is 1.25 bits per heavy atom. The summed E-state index contributed by atoms with van der Waals surface area (Å²) in [6.07, 6.45) is 6.49. The molecular formula is C26H31N3O3. The van der Waals surface area contributed by atoms with Gasteiger partial charge in [0.2, 0.25) is 0 Å². The van der Waals surface area contributed by atoms with Crippen LogP contribution in [0.1, 0.15) is 61.9 Å². The van der Waals surface area contributed by atoms with Crippen molar-refractivity contribution < 1.29 is 14.3 Å². The highest BCUT2D eigenvalue weighted by Crippen LogP contribution is 2.40. The molecule has 6 heteroatoms. The smallest absolute Gasteiger partial charge is 0.410 e. The molecule has 1 unspecified atom stereocenters. The molecule has 0 saturated carbocycles. The zero-order valence-electron chi connectivity index (χ0n) is 19.3. The Morgan fingerprint density at radius 2 is 2.09 bits per heavy atom. The molecule has 1 fully saturated rings. The van der Waals surface area contributed by atoms with Crippen LogP contribution >= 0.6 is 0 Å². The van der Waals surface area contributed by atoms with Crippen molar-refractivity contribution in [3.05, 3.63) is 52.8 Å². The summed E-state index contributed by atoms with van der Waals surface area (Å²) < 4.78 is 11.5. The van der Waals surface area contributed by atoms with E-state index in [0.717, 1.165) is 48.0 Å². The van der Waals surface area contributed by atoms with Crippen molar-refractivity contribution in [3.63, 3.8) is 0 Å². The summed E-state index contributed by atoms with van der Waals surface area (Å²) in [7, 11) is 0. The highest BCUT2D eigenvalue weighted by Gasteiger charge is 2.35. The van der Waals surface area contributed by atoms with Gasteiger partial charge in [-0.2, -0.15) is 0 Å². The maximum Gasteiger partial charge on any atom is 0.410 e. The summed E-state index contributed by atoms with van der Waals surface area (Å²) in [6, 6.07) is 6.73. The number of benzene rings is 1. The normalized spacial score (nSPS) is 18.8. The molecule has 32 heavy (non-hydrogen) atoms. The van der Waals surface area contributed by atoms with Gasteiger partial charge >= 0.3 is 6.09 Å². The molecule has 0 aliphatic carbocycles. The summed E-state index contributed by atoms with van der Waals surface area (Å²) in [4.78, 5) is 22.8. The molecule has 2 aliphatic heterocycles. The van der Waals surface area contributed by atoms with E-state index in [9.17, 15) is 4.79 Å². The number of ether oxygens (including phenoxy) is 2. The number of nitrogens with zero attached hydrogens (tertiary/aromatic N) is 2. The molecule has 0 spiro atoms. The van der Waals surface area contributed by atoms with E-state index in [0.29, 0.717) is 13.2 Å². The van der Waals surface area contributed by atoms with Crippen LogP contribution in [0.3, 0.4) is 0 Å². The van der Waals surface area contributed by atoms with Crippen LogP contribution in [0.5, 0.6) is 0 Å². The van der Waals surface area contributed by atoms with Crippen molar-refractivity contribution in [1.29, 1.82) is 0 Å². The van der Waals surface area contributed by atoms with Crippen LogP contribution in [0.2, 0.25) is 0 Å². The van der Waals surface area contributed by atoms with Crippen molar-refractivity contribution in [3.8, 4) is 11.1 Å². The second-order valence-corrected chi connectivity index (χ2v) is 9.93. The molecule has 2 aliphatic rings. The van der Waals surface area contributed by atoms with Crippen molar-refractivity contribution in [1.82, 2.24) is 14.9 Å². The molecular weight excluding hydrogens is 402 g/mol. The molecule has 1 aromatic carbocycles. The zero-order chi connectivity index (χ0) is 22.5. The van der Waals surface area contributed by atoms with Crippen LogP contribution in [0.4, 0.5) is 4.79 Å². The quantitative estimate of drug-likeness (QED) is 0.564. The average Bonchev–Trinajstić information content (AvgIpc) is 3.39. The molecule has 1 amide bonds. The van der Waals surface area contributed by atoms with E-state index in [-0.39, 0.29) is 12.1 Å². The first-order valence-corrected chi connectivity index (χ1v) is 11.5. The van der Waals surface area contributed by atoms with Gasteiger partial charge in [0.25, 0.3) is 0 Å². The van der Waals surface area contributed by atoms with Crippen LogP contribution < -0.4 is 0 Å². The maximum absolute atomic E-state index is 13.0. The molecule has 0 radical (unpaired) electrons. The van der Waals surface area contributed by atoms with Crippen LogP contribution in [0.25, 0.3) is 22.2 Å². The van der Waals surface area contributed by atoms with E-state index < -0.39 is 5.60 Å². The minimum absolute atomic E-state index is 0.0299. The third-order valence-electron chi connectivity index (χ3n) is 6.44. The van der Waals surface area contributed by atoms with Crippen molar-refractivity contribution in [2.45, 2.75) is 65.2 Å². The molecule has 6 nitrogen and oxygen atoms in total. The molecule has 1 N–H and O–H groups in total. The average molecular weight is 434 g/mol.